The molecule has 4 rings (SSSR count). The fourth-order valence-corrected chi connectivity index (χ4v) is 5.74. The Labute approximate surface area is 216 Å². The Hall–Kier alpha value is -2.82. The molecule has 2 aliphatic rings. The quantitative estimate of drug-likeness (QED) is 0.236. The molecule has 194 valence electrons. The Morgan fingerprint density at radius 2 is 1.72 bits per heavy atom. The third-order valence-electron chi connectivity index (χ3n) is 7.98. The maximum Gasteiger partial charge on any atom is 0.329 e. The molecule has 5 nitrogen and oxygen atoms in total. The van der Waals surface area contributed by atoms with Crippen molar-refractivity contribution in [3.05, 3.63) is 59.7 Å². The molecule has 2 aromatic rings. The van der Waals surface area contributed by atoms with Crippen LogP contribution in [0, 0.1) is 30.6 Å². The number of hydrogen-bond donors (Lipinski definition) is 0. The van der Waals surface area contributed by atoms with Gasteiger partial charge in [-0.1, -0.05) is 45.4 Å². The molecule has 2 aliphatic carbocycles. The number of hydrogen-bond acceptors (Lipinski definition) is 4. The van der Waals surface area contributed by atoms with Crippen LogP contribution >= 0.6 is 0 Å². The van der Waals surface area contributed by atoms with Crippen molar-refractivity contribution in [2.24, 2.45) is 28.7 Å². The zero-order valence-corrected chi connectivity index (χ0v) is 22.7. The van der Waals surface area contributed by atoms with Crippen LogP contribution in [0.15, 0.2) is 53.5 Å². The molecule has 0 radical (unpaired) electrons. The molecule has 2 aromatic carbocycles. The van der Waals surface area contributed by atoms with Crippen LogP contribution < -0.4 is 9.64 Å². The van der Waals surface area contributed by atoms with E-state index in [1.807, 2.05) is 36.4 Å². The van der Waals surface area contributed by atoms with Gasteiger partial charge in [-0.2, -0.15) is 0 Å². The second kappa shape index (κ2) is 11.5. The van der Waals surface area contributed by atoms with Crippen molar-refractivity contribution >= 4 is 17.5 Å². The minimum absolute atomic E-state index is 0.0239. The number of ether oxygens (including phenoxy) is 2. The minimum Gasteiger partial charge on any atom is -0.497 e. The summed E-state index contributed by atoms with van der Waals surface area (Å²) in [5, 5.41) is 0. The molecular formula is C31H42N2O3. The summed E-state index contributed by atoms with van der Waals surface area (Å²) in [6, 6.07) is 15.8. The molecule has 0 aromatic heterocycles. The minimum atomic E-state index is -0.406. The molecule has 2 saturated carbocycles. The number of aryl methyl sites for hydroxylation is 1. The molecular weight excluding hydrogens is 448 g/mol. The van der Waals surface area contributed by atoms with Gasteiger partial charge in [0, 0.05) is 18.3 Å². The van der Waals surface area contributed by atoms with Crippen molar-refractivity contribution in [1.29, 1.82) is 0 Å². The predicted molar refractivity (Wildman–Crippen MR) is 147 cm³/mol. The van der Waals surface area contributed by atoms with Crippen LogP contribution in [0.5, 0.6) is 5.75 Å². The first-order chi connectivity index (χ1) is 17.3. The SMILES string of the molecule is CN=C(c1ccc(OC)cc1)N(c1ccccc1C)[C@@H](C(=O)O[C@@H]1C[C@H](C)CC[C@H]1C(C)C)C1CC1. The van der Waals surface area contributed by atoms with Crippen LogP contribution in [0.3, 0.4) is 0 Å². The number of amidine groups is 1. The molecule has 2 fully saturated rings. The van der Waals surface area contributed by atoms with Gasteiger partial charge in [-0.15, -0.1) is 0 Å². The summed E-state index contributed by atoms with van der Waals surface area (Å²) in [5.74, 6) is 3.20. The first-order valence-corrected chi connectivity index (χ1v) is 13.5. The van der Waals surface area contributed by atoms with E-state index < -0.39 is 6.04 Å². The second-order valence-corrected chi connectivity index (χ2v) is 11.0. The van der Waals surface area contributed by atoms with Crippen LogP contribution in [-0.2, 0) is 9.53 Å². The molecule has 0 N–H and O–H groups in total. The van der Waals surface area contributed by atoms with Gasteiger partial charge >= 0.3 is 5.97 Å². The fraction of sp³-hybridized carbons (Fsp3) is 0.548. The highest BCUT2D eigenvalue weighted by Gasteiger charge is 2.45. The average Bonchev–Trinajstić information content (AvgIpc) is 3.69. The third-order valence-corrected chi connectivity index (χ3v) is 7.98. The molecule has 0 heterocycles. The van der Waals surface area contributed by atoms with Crippen LogP contribution in [-0.4, -0.2) is 38.1 Å². The van der Waals surface area contributed by atoms with Crippen LogP contribution in [0.25, 0.3) is 0 Å². The lowest BCUT2D eigenvalue weighted by Gasteiger charge is -2.39. The predicted octanol–water partition coefficient (Wildman–Crippen LogP) is 6.67. The number of esters is 1. The first-order valence-electron chi connectivity index (χ1n) is 13.5. The Morgan fingerprint density at radius 1 is 1.03 bits per heavy atom. The van der Waals surface area contributed by atoms with E-state index in [1.165, 1.54) is 6.42 Å². The van der Waals surface area contributed by atoms with Gasteiger partial charge in [0.15, 0.2) is 0 Å². The molecule has 0 unspecified atom stereocenters. The van der Waals surface area contributed by atoms with Crippen molar-refractivity contribution in [3.63, 3.8) is 0 Å². The maximum absolute atomic E-state index is 14.1. The van der Waals surface area contributed by atoms with Gasteiger partial charge in [-0.05, 0) is 92.2 Å². The van der Waals surface area contributed by atoms with Crippen LogP contribution in [0.4, 0.5) is 5.69 Å². The lowest BCUT2D eigenvalue weighted by atomic mass is 9.75. The van der Waals surface area contributed by atoms with Gasteiger partial charge in [0.25, 0.3) is 0 Å². The van der Waals surface area contributed by atoms with Crippen LogP contribution in [0.1, 0.15) is 64.0 Å². The normalized spacial score (nSPS) is 23.3. The monoisotopic (exact) mass is 490 g/mol. The molecule has 0 bridgehead atoms. The van der Waals surface area contributed by atoms with E-state index in [2.05, 4.69) is 44.7 Å². The topological polar surface area (TPSA) is 51.1 Å². The van der Waals surface area contributed by atoms with Gasteiger partial charge in [0.2, 0.25) is 0 Å². The Balaban J connectivity index is 1.73. The number of rotatable bonds is 8. The van der Waals surface area contributed by atoms with Crippen molar-refractivity contribution in [1.82, 2.24) is 0 Å². The second-order valence-electron chi connectivity index (χ2n) is 11.0. The van der Waals surface area contributed by atoms with Crippen molar-refractivity contribution < 1.29 is 14.3 Å². The van der Waals surface area contributed by atoms with E-state index in [0.717, 1.165) is 54.1 Å². The number of carbonyl (C=O) groups excluding carboxylic acids is 1. The molecule has 0 saturated heterocycles. The third kappa shape index (κ3) is 5.77. The van der Waals surface area contributed by atoms with Crippen molar-refractivity contribution in [3.8, 4) is 5.75 Å². The standard InChI is InChI=1S/C31H42N2O3/c1-20(2)26-18-11-21(3)19-28(26)36-31(34)29(23-12-13-23)33(27-10-8-7-9-22(27)4)30(32-5)24-14-16-25(35-6)17-15-24/h7-10,14-17,20-21,23,26,28-29H,11-13,18-19H2,1-6H3/t21-,26+,28-,29-/m1/s1. The number of carbonyl (C=O) groups is 1. The van der Waals surface area contributed by atoms with E-state index >= 15 is 0 Å². The van der Waals surface area contributed by atoms with E-state index in [-0.39, 0.29) is 18.0 Å². The number of aliphatic imine (C=N–C) groups is 1. The number of nitrogens with zero attached hydrogens (tertiary/aromatic N) is 2. The Morgan fingerprint density at radius 3 is 2.31 bits per heavy atom. The highest BCUT2D eigenvalue weighted by molar-refractivity contribution is 6.13. The van der Waals surface area contributed by atoms with E-state index in [1.54, 1.807) is 14.2 Å². The maximum atomic E-state index is 14.1. The zero-order chi connectivity index (χ0) is 25.8. The molecule has 5 heteroatoms. The van der Waals surface area contributed by atoms with Gasteiger partial charge in [-0.3, -0.25) is 4.99 Å². The summed E-state index contributed by atoms with van der Waals surface area (Å²) in [6.45, 7) is 8.88. The number of anilines is 1. The summed E-state index contributed by atoms with van der Waals surface area (Å²) in [4.78, 5) is 21.0. The summed E-state index contributed by atoms with van der Waals surface area (Å²) in [6.07, 6.45) is 5.31. The van der Waals surface area contributed by atoms with E-state index in [4.69, 9.17) is 14.5 Å². The van der Waals surface area contributed by atoms with Crippen molar-refractivity contribution in [2.45, 2.75) is 71.9 Å². The average molecular weight is 491 g/mol. The summed E-state index contributed by atoms with van der Waals surface area (Å²) >= 11 is 0. The van der Waals surface area contributed by atoms with Gasteiger partial charge < -0.3 is 14.4 Å². The zero-order valence-electron chi connectivity index (χ0n) is 22.7. The Bertz CT molecular complexity index is 1060. The lowest BCUT2D eigenvalue weighted by molar-refractivity contribution is -0.157. The van der Waals surface area contributed by atoms with Gasteiger partial charge in [0.05, 0.1) is 7.11 Å². The molecule has 0 amide bonds. The summed E-state index contributed by atoms with van der Waals surface area (Å²) in [7, 11) is 3.47. The summed E-state index contributed by atoms with van der Waals surface area (Å²) in [5.41, 5.74) is 3.06. The molecule has 0 aliphatic heterocycles. The smallest absolute Gasteiger partial charge is 0.329 e. The number of para-hydroxylation sites is 1. The van der Waals surface area contributed by atoms with Crippen molar-refractivity contribution in [2.75, 3.05) is 19.1 Å². The summed E-state index contributed by atoms with van der Waals surface area (Å²) < 4.78 is 11.8. The van der Waals surface area contributed by atoms with E-state index in [9.17, 15) is 4.79 Å². The largest absolute Gasteiger partial charge is 0.497 e. The molecule has 4 atom stereocenters. The number of benzene rings is 2. The highest BCUT2D eigenvalue weighted by atomic mass is 16.5. The van der Waals surface area contributed by atoms with E-state index in [0.29, 0.717) is 17.8 Å². The molecule has 0 spiro atoms. The molecule has 36 heavy (non-hydrogen) atoms. The number of methoxy groups -OCH3 is 1. The lowest BCUT2D eigenvalue weighted by Crippen LogP contribution is -2.50. The van der Waals surface area contributed by atoms with Gasteiger partial charge in [-0.25, -0.2) is 4.79 Å². The fourth-order valence-electron chi connectivity index (χ4n) is 5.74. The van der Waals surface area contributed by atoms with Gasteiger partial charge in [0.1, 0.15) is 23.7 Å². The Kier molecular flexibility index (Phi) is 8.38. The highest BCUT2D eigenvalue weighted by Crippen LogP contribution is 2.41. The van der Waals surface area contributed by atoms with Crippen LogP contribution in [0.2, 0.25) is 0 Å². The first kappa shape index (κ1) is 26.2.